The zero-order valence-electron chi connectivity index (χ0n) is 30.1. The van der Waals surface area contributed by atoms with E-state index in [-0.39, 0.29) is 17.6 Å². The van der Waals surface area contributed by atoms with Gasteiger partial charge in [-0.2, -0.15) is 24.9 Å². The highest BCUT2D eigenvalue weighted by Crippen LogP contribution is 2.46. The van der Waals surface area contributed by atoms with Gasteiger partial charge in [0.1, 0.15) is 11.6 Å². The molecule has 16 nitrogen and oxygen atoms in total. The lowest BCUT2D eigenvalue weighted by atomic mass is 10.2. The minimum absolute atomic E-state index is 0.0430. The van der Waals surface area contributed by atoms with E-state index in [4.69, 9.17) is 10.1 Å². The summed E-state index contributed by atoms with van der Waals surface area (Å²) < 4.78 is 0. The molecule has 274 valence electrons. The average Bonchev–Trinajstić information content (AvgIpc) is 3.61. The fraction of sp³-hybridized carbons (Fsp3) is 0.486. The Morgan fingerprint density at radius 1 is 0.792 bits per heavy atom. The normalized spacial score (nSPS) is 23.3. The van der Waals surface area contributed by atoms with Crippen molar-refractivity contribution in [2.75, 3.05) is 36.0 Å². The van der Waals surface area contributed by atoms with E-state index in [0.717, 1.165) is 108 Å². The van der Waals surface area contributed by atoms with E-state index in [9.17, 15) is 9.59 Å². The minimum Gasteiger partial charge on any atom is -0.476 e. The van der Waals surface area contributed by atoms with E-state index in [1.54, 1.807) is 4.80 Å². The number of fused-ring (bicyclic) bond motifs is 3. The van der Waals surface area contributed by atoms with Crippen molar-refractivity contribution in [1.29, 1.82) is 0 Å². The van der Waals surface area contributed by atoms with Crippen molar-refractivity contribution < 1.29 is 14.7 Å². The smallest absolute Gasteiger partial charge is 0.358 e. The molecule has 0 spiro atoms. The Morgan fingerprint density at radius 3 is 1.83 bits per heavy atom. The second-order valence-electron chi connectivity index (χ2n) is 15.3. The second kappa shape index (κ2) is 13.1. The van der Waals surface area contributed by atoms with Crippen molar-refractivity contribution in [3.05, 3.63) is 87.5 Å². The summed E-state index contributed by atoms with van der Waals surface area (Å²) in [5.41, 5.74) is 7.48. The molecule has 10 rings (SSSR count). The number of piperidine rings is 2. The highest BCUT2D eigenvalue weighted by Gasteiger charge is 2.46. The first kappa shape index (κ1) is 33.2. The Bertz CT molecular complexity index is 2190. The molecule has 7 heterocycles. The summed E-state index contributed by atoms with van der Waals surface area (Å²) in [5.74, 6) is 4.33. The number of rotatable bonds is 9. The number of amides is 1. The molecule has 2 saturated carbocycles. The Morgan fingerprint density at radius 2 is 1.32 bits per heavy atom. The summed E-state index contributed by atoms with van der Waals surface area (Å²) >= 11 is 0. The molecular formula is C37H43N13O3. The van der Waals surface area contributed by atoms with Crippen molar-refractivity contribution in [2.24, 2.45) is 23.7 Å². The largest absolute Gasteiger partial charge is 0.476 e. The number of carbonyl (C=O) groups excluding carboxylic acids is 1. The molecule has 2 aliphatic heterocycles. The highest BCUT2D eigenvalue weighted by atomic mass is 16.4. The van der Waals surface area contributed by atoms with Crippen LogP contribution in [0.15, 0.2) is 36.7 Å². The first-order chi connectivity index (χ1) is 25.6. The van der Waals surface area contributed by atoms with Gasteiger partial charge in [-0.3, -0.25) is 9.89 Å². The number of aromatic carboxylic acids is 1. The molecule has 5 atom stereocenters. The summed E-state index contributed by atoms with van der Waals surface area (Å²) in [6.07, 6.45) is 7.34. The topological polar surface area (TPSA) is 189 Å². The van der Waals surface area contributed by atoms with Crippen LogP contribution in [0.3, 0.4) is 0 Å². The van der Waals surface area contributed by atoms with Crippen LogP contribution in [-0.4, -0.2) is 93.3 Å². The molecule has 3 aliphatic carbocycles. The van der Waals surface area contributed by atoms with Gasteiger partial charge >= 0.3 is 5.97 Å². The predicted molar refractivity (Wildman–Crippen MR) is 193 cm³/mol. The maximum atomic E-state index is 12.7. The molecule has 5 aromatic rings. The third-order valence-electron chi connectivity index (χ3n) is 11.5. The van der Waals surface area contributed by atoms with Crippen LogP contribution in [-0.2, 0) is 19.5 Å². The third kappa shape index (κ3) is 6.73. The average molecular weight is 718 g/mol. The third-order valence-corrected chi connectivity index (χ3v) is 11.5. The number of carboxylic acid groups (broad SMARTS) is 1. The maximum absolute atomic E-state index is 12.7. The molecule has 4 fully saturated rings. The number of hydrogen-bond acceptors (Lipinski definition) is 11. The molecule has 53 heavy (non-hydrogen) atoms. The van der Waals surface area contributed by atoms with Crippen molar-refractivity contribution in [1.82, 2.24) is 55.5 Å². The lowest BCUT2D eigenvalue weighted by Crippen LogP contribution is -2.28. The van der Waals surface area contributed by atoms with E-state index >= 15 is 0 Å². The minimum atomic E-state index is -1.07. The number of H-pyrrole nitrogens is 1. The zero-order chi connectivity index (χ0) is 36.4. The summed E-state index contributed by atoms with van der Waals surface area (Å²) in [7, 11) is 0. The Balaban J connectivity index is 0.000000149. The molecule has 16 heteroatoms. The Kier molecular flexibility index (Phi) is 8.19. The molecule has 5 aromatic heterocycles. The number of nitrogens with zero attached hydrogens (tertiary/aromatic N) is 11. The van der Waals surface area contributed by atoms with Gasteiger partial charge in [0.25, 0.3) is 5.91 Å². The lowest BCUT2D eigenvalue weighted by Gasteiger charge is -2.20. The standard InChI is InChI=1S/C22H26N8O.C15H17N5O2/c1-12-14(3-6-20(24-12)29-9-15-7-16(15)10-29)11-30-23-8-19(28-30)22(31)25-18-5-4-17-13(2)26-27-21(17)18;1-9-10(8-20-16-5-13(18-20)15(21)22)2-3-14(17-9)19-6-11-4-12(11)7-19/h3,6,8,15-16,18H,4-5,7,9-11H2,1-2H3,(H,25,31)(H,26,27);2-3,5,11-12H,4,6-8H2,1H3,(H,21,22)/t15?,16?,18-;/m1./s1. The van der Waals surface area contributed by atoms with Crippen LogP contribution < -0.4 is 15.1 Å². The van der Waals surface area contributed by atoms with Gasteiger partial charge in [-0.05, 0) is 98.9 Å². The Labute approximate surface area is 306 Å². The van der Waals surface area contributed by atoms with Gasteiger partial charge in [0.15, 0.2) is 11.4 Å². The first-order valence-electron chi connectivity index (χ1n) is 18.5. The lowest BCUT2D eigenvalue weighted by molar-refractivity contribution is 0.0689. The van der Waals surface area contributed by atoms with Gasteiger partial charge in [-0.15, -0.1) is 10.2 Å². The number of carbonyl (C=O) groups is 2. The number of pyridine rings is 2. The number of carboxylic acids is 1. The van der Waals surface area contributed by atoms with Crippen LogP contribution in [0, 0.1) is 44.4 Å². The van der Waals surface area contributed by atoms with Crippen LogP contribution in [0.4, 0.5) is 11.6 Å². The van der Waals surface area contributed by atoms with Crippen molar-refractivity contribution in [2.45, 2.75) is 65.6 Å². The molecule has 1 amide bonds. The summed E-state index contributed by atoms with van der Waals surface area (Å²) in [6.45, 7) is 11.4. The molecule has 4 unspecified atom stereocenters. The molecule has 0 radical (unpaired) electrons. The number of anilines is 2. The van der Waals surface area contributed by atoms with Gasteiger partial charge in [-0.25, -0.2) is 14.8 Å². The number of aromatic nitrogens is 10. The van der Waals surface area contributed by atoms with E-state index < -0.39 is 5.97 Å². The number of aromatic amines is 1. The molecule has 5 aliphatic rings. The molecule has 3 N–H and O–H groups in total. The summed E-state index contributed by atoms with van der Waals surface area (Å²) in [5, 5.41) is 35.9. The van der Waals surface area contributed by atoms with Gasteiger partial charge in [-0.1, -0.05) is 12.1 Å². The monoisotopic (exact) mass is 717 g/mol. The second-order valence-corrected chi connectivity index (χ2v) is 15.3. The fourth-order valence-electron chi connectivity index (χ4n) is 8.14. The first-order valence-corrected chi connectivity index (χ1v) is 18.5. The fourth-order valence-corrected chi connectivity index (χ4v) is 8.14. The van der Waals surface area contributed by atoms with Gasteiger partial charge in [0, 0.05) is 43.3 Å². The van der Waals surface area contributed by atoms with Gasteiger partial charge in [0.2, 0.25) is 0 Å². The van der Waals surface area contributed by atoms with Crippen LogP contribution in [0.5, 0.6) is 0 Å². The number of nitrogens with one attached hydrogen (secondary N) is 2. The molecule has 2 saturated heterocycles. The van der Waals surface area contributed by atoms with E-state index in [1.165, 1.54) is 35.6 Å². The van der Waals surface area contributed by atoms with Gasteiger partial charge in [0.05, 0.1) is 37.2 Å². The predicted octanol–water partition coefficient (Wildman–Crippen LogP) is 3.12. The van der Waals surface area contributed by atoms with E-state index in [2.05, 4.69) is 62.8 Å². The number of hydrogen-bond donors (Lipinski definition) is 3. The quantitative estimate of drug-likeness (QED) is 0.202. The van der Waals surface area contributed by atoms with Crippen molar-refractivity contribution >= 4 is 23.5 Å². The maximum Gasteiger partial charge on any atom is 0.358 e. The van der Waals surface area contributed by atoms with Crippen LogP contribution >= 0.6 is 0 Å². The molecule has 0 aromatic carbocycles. The zero-order valence-corrected chi connectivity index (χ0v) is 30.1. The number of aryl methyl sites for hydroxylation is 3. The Hall–Kier alpha value is -5.67. The molecule has 0 bridgehead atoms. The van der Waals surface area contributed by atoms with Crippen LogP contribution in [0.25, 0.3) is 0 Å². The summed E-state index contributed by atoms with van der Waals surface area (Å²) in [4.78, 5) is 40.7. The highest BCUT2D eigenvalue weighted by molar-refractivity contribution is 5.92. The van der Waals surface area contributed by atoms with Crippen LogP contribution in [0.1, 0.15) is 85.7 Å². The van der Waals surface area contributed by atoms with Crippen LogP contribution in [0.2, 0.25) is 0 Å². The molecular weight excluding hydrogens is 674 g/mol. The van der Waals surface area contributed by atoms with E-state index in [0.29, 0.717) is 18.8 Å². The van der Waals surface area contributed by atoms with E-state index in [1.807, 2.05) is 32.9 Å². The SMILES string of the molecule is Cc1nc(N2CC3CC3C2)ccc1Cn1ncc(C(=O)N[C@@H]2CCc3c2n[nH]c3C)n1.Cc1nc(N2CC3CC3C2)ccc1Cn1ncc(C(=O)O)n1. The van der Waals surface area contributed by atoms with Gasteiger partial charge < -0.3 is 20.2 Å². The summed E-state index contributed by atoms with van der Waals surface area (Å²) in [6, 6.07) is 8.19. The van der Waals surface area contributed by atoms with Crippen molar-refractivity contribution in [3.63, 3.8) is 0 Å². The van der Waals surface area contributed by atoms with Crippen molar-refractivity contribution in [3.8, 4) is 0 Å².